The fourth-order valence-corrected chi connectivity index (χ4v) is 17.4. The SMILES string of the molecule is CC(C)(C)[Si](OCCCn1cc(C2=C(c3cc4ccccc4s3)C(=O)NC2=O)c2cccnc21)(c1ccccc1)c1ccccc1.O=C1NC(=O)C(c2cn(CCCO)c3ncccc23)=C1c1cc2ccccc2s1. The van der Waals surface area contributed by atoms with Crippen LogP contribution in [-0.4, -0.2) is 69.4 Å². The number of aromatic nitrogens is 4. The van der Waals surface area contributed by atoms with E-state index in [2.05, 4.69) is 102 Å². The standard InChI is InChI=1S/C38H35N3O3SSi.C22H17N3O3S/c1-38(2,3)46(27-15-6-4-7-16-27,28-17-8-5-9-18-28)44-23-13-22-41-25-30(29-19-12-21-39-35(29)41)33-34(37(43)40-36(33)42)32-24-26-14-10-11-20-31(26)45-32;26-10-4-9-25-12-15(14-6-3-8-23-20(14)25)18-19(22(28)24-21(18)27)17-11-13-5-1-2-7-16(13)29-17/h4-12,14-21,24-25H,13,22-23H2,1-3H3,(H,40,42,43);1-3,5-8,11-12,26H,4,9-10H2,(H,24,27,28). The van der Waals surface area contributed by atoms with Gasteiger partial charge in [-0.25, -0.2) is 9.97 Å². The molecule has 10 aromatic rings. The van der Waals surface area contributed by atoms with Crippen molar-refractivity contribution in [2.24, 2.45) is 0 Å². The Balaban J connectivity index is 0.000000178. The van der Waals surface area contributed by atoms with Crippen molar-refractivity contribution in [3.63, 3.8) is 0 Å². The molecule has 2 aliphatic heterocycles. The van der Waals surface area contributed by atoms with Crippen molar-refractivity contribution in [1.82, 2.24) is 29.7 Å². The number of pyridine rings is 2. The molecule has 0 radical (unpaired) electrons. The fraction of sp³-hybridized carbons (Fsp3) is 0.167. The van der Waals surface area contributed by atoms with Gasteiger partial charge in [-0.1, -0.05) is 118 Å². The molecule has 12 rings (SSSR count). The summed E-state index contributed by atoms with van der Waals surface area (Å²) in [4.78, 5) is 62.8. The van der Waals surface area contributed by atoms with Gasteiger partial charge in [-0.15, -0.1) is 22.7 Å². The number of hydrogen-bond donors (Lipinski definition) is 3. The number of nitrogens with zero attached hydrogens (tertiary/aromatic N) is 4. The normalized spacial score (nSPS) is 14.2. The Bertz CT molecular complexity index is 3810. The Kier molecular flexibility index (Phi) is 13.4. The molecule has 75 heavy (non-hydrogen) atoms. The number of carbonyl (C=O) groups is 4. The van der Waals surface area contributed by atoms with Gasteiger partial charge in [0.15, 0.2) is 0 Å². The summed E-state index contributed by atoms with van der Waals surface area (Å²) in [5.74, 6) is -1.52. The van der Waals surface area contributed by atoms with Crippen molar-refractivity contribution in [2.75, 3.05) is 13.2 Å². The number of amides is 4. The molecule has 0 atom stereocenters. The molecule has 4 amide bonds. The van der Waals surface area contributed by atoms with Gasteiger partial charge in [0.05, 0.1) is 22.3 Å². The van der Waals surface area contributed by atoms with Gasteiger partial charge in [0.25, 0.3) is 31.9 Å². The van der Waals surface area contributed by atoms with Gasteiger partial charge >= 0.3 is 0 Å². The summed E-state index contributed by atoms with van der Waals surface area (Å²) in [6.45, 7) is 8.69. The molecule has 6 aromatic heterocycles. The Hall–Kier alpha value is -7.92. The molecule has 2 aliphatic rings. The number of nitrogens with one attached hydrogen (secondary N) is 2. The molecule has 4 aromatic carbocycles. The number of carbonyl (C=O) groups excluding carboxylic acids is 4. The molecule has 3 N–H and O–H groups in total. The zero-order chi connectivity index (χ0) is 51.8. The smallest absolute Gasteiger partial charge is 0.261 e. The van der Waals surface area contributed by atoms with Gasteiger partial charge in [0, 0.05) is 92.1 Å². The summed E-state index contributed by atoms with van der Waals surface area (Å²) in [5.41, 5.74) is 4.50. The number of rotatable bonds is 14. The van der Waals surface area contributed by atoms with E-state index in [4.69, 9.17) is 9.41 Å². The third-order valence-electron chi connectivity index (χ3n) is 13.8. The van der Waals surface area contributed by atoms with E-state index in [1.807, 2.05) is 102 Å². The second-order valence-electron chi connectivity index (χ2n) is 19.5. The van der Waals surface area contributed by atoms with Crippen LogP contribution in [0.25, 0.3) is 64.5 Å². The summed E-state index contributed by atoms with van der Waals surface area (Å²) in [6, 6.07) is 48.7. The van der Waals surface area contributed by atoms with E-state index in [0.717, 1.165) is 58.4 Å². The molecule has 0 fully saturated rings. The lowest BCUT2D eigenvalue weighted by molar-refractivity contribution is -0.124. The molecule has 0 spiro atoms. The predicted octanol–water partition coefficient (Wildman–Crippen LogP) is 9.99. The number of thiophene rings is 2. The first-order valence-electron chi connectivity index (χ1n) is 24.9. The lowest BCUT2D eigenvalue weighted by Gasteiger charge is -2.43. The lowest BCUT2D eigenvalue weighted by Crippen LogP contribution is -2.66. The zero-order valence-corrected chi connectivity index (χ0v) is 44.1. The van der Waals surface area contributed by atoms with E-state index < -0.39 is 14.2 Å². The average Bonchev–Trinajstić information content (AvgIpc) is 4.29. The quantitative estimate of drug-likeness (QED) is 0.0552. The highest BCUT2D eigenvalue weighted by Crippen LogP contribution is 2.42. The molecule has 8 heterocycles. The Morgan fingerprint density at radius 2 is 0.973 bits per heavy atom. The van der Waals surface area contributed by atoms with Crippen molar-refractivity contribution < 1.29 is 28.7 Å². The minimum absolute atomic E-state index is 0.0660. The Morgan fingerprint density at radius 1 is 0.547 bits per heavy atom. The summed E-state index contributed by atoms with van der Waals surface area (Å²) in [7, 11) is -2.66. The molecule has 0 unspecified atom stereocenters. The topological polar surface area (TPSA) is 157 Å². The largest absolute Gasteiger partial charge is 0.407 e. The minimum atomic E-state index is -2.66. The molecule has 0 saturated heterocycles. The van der Waals surface area contributed by atoms with Gasteiger partial charge in [0.1, 0.15) is 11.3 Å². The van der Waals surface area contributed by atoms with Crippen LogP contribution in [0.15, 0.2) is 170 Å². The number of benzene rings is 4. The third kappa shape index (κ3) is 9.06. The lowest BCUT2D eigenvalue weighted by atomic mass is 10.0. The molecular formula is C60H52N6O6S2Si. The van der Waals surface area contributed by atoms with E-state index >= 15 is 0 Å². The average molecular weight is 1050 g/mol. The van der Waals surface area contributed by atoms with Crippen LogP contribution >= 0.6 is 22.7 Å². The van der Waals surface area contributed by atoms with Gasteiger partial charge in [-0.3, -0.25) is 29.8 Å². The van der Waals surface area contributed by atoms with Gasteiger partial charge in [-0.2, -0.15) is 0 Å². The summed E-state index contributed by atoms with van der Waals surface area (Å²) < 4.78 is 13.3. The second-order valence-corrected chi connectivity index (χ2v) is 26.0. The monoisotopic (exact) mass is 1040 g/mol. The predicted molar refractivity (Wildman–Crippen MR) is 303 cm³/mol. The van der Waals surface area contributed by atoms with Gasteiger partial charge < -0.3 is 18.7 Å². The number of aliphatic hydroxyl groups is 1. The molecule has 0 aliphatic carbocycles. The van der Waals surface area contributed by atoms with Crippen LogP contribution in [0.1, 0.15) is 54.5 Å². The molecular weight excluding hydrogens is 993 g/mol. The highest BCUT2D eigenvalue weighted by Gasteiger charge is 2.50. The highest BCUT2D eigenvalue weighted by atomic mass is 32.1. The molecule has 12 nitrogen and oxygen atoms in total. The van der Waals surface area contributed by atoms with Gasteiger partial charge in [0.2, 0.25) is 0 Å². The first kappa shape index (κ1) is 49.3. The second kappa shape index (κ2) is 20.4. The Morgan fingerprint density at radius 3 is 1.41 bits per heavy atom. The van der Waals surface area contributed by atoms with Crippen molar-refractivity contribution in [1.29, 1.82) is 0 Å². The van der Waals surface area contributed by atoms with Gasteiger partial charge in [-0.05, 0) is 87.6 Å². The maximum atomic E-state index is 13.3. The van der Waals surface area contributed by atoms with E-state index in [0.29, 0.717) is 59.5 Å². The molecule has 15 heteroatoms. The van der Waals surface area contributed by atoms with E-state index in [1.165, 1.54) is 33.0 Å². The molecule has 374 valence electrons. The van der Waals surface area contributed by atoms with Crippen LogP contribution in [0.5, 0.6) is 0 Å². The summed E-state index contributed by atoms with van der Waals surface area (Å²) in [6.07, 6.45) is 8.62. The highest BCUT2D eigenvalue weighted by molar-refractivity contribution is 7.21. The van der Waals surface area contributed by atoms with E-state index in [9.17, 15) is 24.3 Å². The van der Waals surface area contributed by atoms with Crippen LogP contribution < -0.4 is 21.0 Å². The van der Waals surface area contributed by atoms with Crippen molar-refractivity contribution in [3.05, 3.63) is 191 Å². The number of aryl methyl sites for hydroxylation is 2. The third-order valence-corrected chi connectivity index (χ3v) is 21.2. The summed E-state index contributed by atoms with van der Waals surface area (Å²) in [5, 5.41) is 20.4. The zero-order valence-electron chi connectivity index (χ0n) is 41.5. The van der Waals surface area contributed by atoms with E-state index in [1.54, 1.807) is 12.4 Å². The number of imide groups is 2. The number of hydrogen-bond acceptors (Lipinski definition) is 10. The maximum Gasteiger partial charge on any atom is 0.261 e. The first-order valence-corrected chi connectivity index (χ1v) is 28.4. The van der Waals surface area contributed by atoms with Crippen LogP contribution in [0.2, 0.25) is 5.04 Å². The van der Waals surface area contributed by atoms with Crippen LogP contribution in [0, 0.1) is 0 Å². The first-order chi connectivity index (χ1) is 36.4. The van der Waals surface area contributed by atoms with E-state index in [-0.39, 0.29) is 29.4 Å². The minimum Gasteiger partial charge on any atom is -0.407 e. The fourth-order valence-electron chi connectivity index (χ4n) is 10.6. The number of fused-ring (bicyclic) bond motifs is 4. The Labute approximate surface area is 441 Å². The maximum absolute atomic E-state index is 13.3. The van der Waals surface area contributed by atoms with Crippen molar-refractivity contribution >= 4 is 130 Å². The molecule has 0 saturated carbocycles. The summed E-state index contributed by atoms with van der Waals surface area (Å²) >= 11 is 3.02. The van der Waals surface area contributed by atoms with Crippen LogP contribution in [0.4, 0.5) is 0 Å². The van der Waals surface area contributed by atoms with Crippen molar-refractivity contribution in [2.45, 2.75) is 51.7 Å². The van der Waals surface area contributed by atoms with Crippen molar-refractivity contribution in [3.8, 4) is 0 Å². The van der Waals surface area contributed by atoms with Crippen LogP contribution in [-0.2, 0) is 36.7 Å². The van der Waals surface area contributed by atoms with Crippen LogP contribution in [0.3, 0.4) is 0 Å². The number of aliphatic hydroxyl groups excluding tert-OH is 1. The molecule has 0 bridgehead atoms.